The van der Waals surface area contributed by atoms with Crippen LogP contribution in [0.15, 0.2) is 59.5 Å². The Morgan fingerprint density at radius 3 is 2.21 bits per heavy atom. The maximum Gasteiger partial charge on any atom is 0.340 e. The number of hydrogen-bond acceptors (Lipinski definition) is 4. The first-order chi connectivity index (χ1) is 11.3. The van der Waals surface area contributed by atoms with Gasteiger partial charge in [-0.2, -0.15) is 8.42 Å². The van der Waals surface area contributed by atoms with Gasteiger partial charge in [-0.3, -0.25) is 14.8 Å². The maximum absolute atomic E-state index is 12.2. The summed E-state index contributed by atoms with van der Waals surface area (Å²) in [6.45, 7) is 0. The molecule has 0 saturated heterocycles. The fourth-order valence-electron chi connectivity index (χ4n) is 1.87. The van der Waals surface area contributed by atoms with Crippen LogP contribution in [0.5, 0.6) is 0 Å². The molecule has 0 aliphatic rings. The number of carbonyl (C=O) groups excluding carboxylic acids is 2. The minimum atomic E-state index is -4.56. The lowest BCUT2D eigenvalue weighted by Gasteiger charge is -2.19. The molecule has 0 saturated carbocycles. The number of anilines is 1. The van der Waals surface area contributed by atoms with Crippen LogP contribution >= 0.6 is 0 Å². The number of carbonyl (C=O) groups is 2. The van der Waals surface area contributed by atoms with Gasteiger partial charge in [-0.05, 0) is 24.3 Å². The van der Waals surface area contributed by atoms with Gasteiger partial charge in [0.05, 0.1) is 5.56 Å². The Kier molecular flexibility index (Phi) is 5.17. The SMILES string of the molecule is CN(NC(=O)c1ccccc1S(=O)(=O)O)C(=O)Nc1ccccc1. The first-order valence-electron chi connectivity index (χ1n) is 6.76. The summed E-state index contributed by atoms with van der Waals surface area (Å²) in [7, 11) is -3.27. The van der Waals surface area contributed by atoms with Gasteiger partial charge in [0.2, 0.25) is 0 Å². The first kappa shape index (κ1) is 17.4. The van der Waals surface area contributed by atoms with Crippen LogP contribution in [-0.4, -0.2) is 37.0 Å². The van der Waals surface area contributed by atoms with E-state index in [1.807, 2.05) is 0 Å². The van der Waals surface area contributed by atoms with Gasteiger partial charge in [-0.1, -0.05) is 30.3 Å². The molecule has 0 radical (unpaired) electrons. The van der Waals surface area contributed by atoms with Crippen molar-refractivity contribution in [1.29, 1.82) is 0 Å². The minimum Gasteiger partial charge on any atom is -0.306 e. The normalized spacial score (nSPS) is 10.8. The van der Waals surface area contributed by atoms with Crippen molar-refractivity contribution in [1.82, 2.24) is 10.4 Å². The highest BCUT2D eigenvalue weighted by Crippen LogP contribution is 2.15. The van der Waals surface area contributed by atoms with Gasteiger partial charge in [0.1, 0.15) is 4.90 Å². The molecule has 0 aliphatic heterocycles. The van der Waals surface area contributed by atoms with Gasteiger partial charge < -0.3 is 5.32 Å². The van der Waals surface area contributed by atoms with E-state index < -0.39 is 27.0 Å². The number of urea groups is 1. The highest BCUT2D eigenvalue weighted by atomic mass is 32.2. The highest BCUT2D eigenvalue weighted by Gasteiger charge is 2.21. The molecule has 0 atom stereocenters. The Balaban J connectivity index is 2.11. The van der Waals surface area contributed by atoms with Crippen LogP contribution in [0.2, 0.25) is 0 Å². The van der Waals surface area contributed by atoms with Crippen LogP contribution in [0.1, 0.15) is 10.4 Å². The van der Waals surface area contributed by atoms with Crippen molar-refractivity contribution in [2.45, 2.75) is 4.90 Å². The van der Waals surface area contributed by atoms with E-state index in [4.69, 9.17) is 4.55 Å². The van der Waals surface area contributed by atoms with Crippen LogP contribution < -0.4 is 10.7 Å². The predicted molar refractivity (Wildman–Crippen MR) is 86.9 cm³/mol. The Bertz CT molecular complexity index is 852. The zero-order chi connectivity index (χ0) is 17.7. The van der Waals surface area contributed by atoms with E-state index in [1.165, 1.54) is 25.2 Å². The smallest absolute Gasteiger partial charge is 0.306 e. The van der Waals surface area contributed by atoms with Crippen LogP contribution in [0, 0.1) is 0 Å². The lowest BCUT2D eigenvalue weighted by molar-refractivity contribution is 0.0858. The van der Waals surface area contributed by atoms with E-state index in [0.717, 1.165) is 11.1 Å². The highest BCUT2D eigenvalue weighted by molar-refractivity contribution is 7.86. The standard InChI is InChI=1S/C15H15N3O5S/c1-18(15(20)16-11-7-3-2-4-8-11)17-14(19)12-9-5-6-10-13(12)24(21,22)23/h2-10H,1H3,(H,16,20)(H,17,19)(H,21,22,23). The number of rotatable bonds is 3. The Hall–Kier alpha value is -2.91. The van der Waals surface area contributed by atoms with Crippen molar-refractivity contribution in [3.63, 3.8) is 0 Å². The van der Waals surface area contributed by atoms with E-state index in [9.17, 15) is 18.0 Å². The van der Waals surface area contributed by atoms with Crippen molar-refractivity contribution in [2.24, 2.45) is 0 Å². The summed E-state index contributed by atoms with van der Waals surface area (Å²) >= 11 is 0. The molecule has 0 aliphatic carbocycles. The van der Waals surface area contributed by atoms with Crippen molar-refractivity contribution < 1.29 is 22.6 Å². The van der Waals surface area contributed by atoms with Crippen LogP contribution in [0.4, 0.5) is 10.5 Å². The fraction of sp³-hybridized carbons (Fsp3) is 0.0667. The molecule has 0 aromatic heterocycles. The van der Waals surface area contributed by atoms with Gasteiger partial charge in [0.25, 0.3) is 16.0 Å². The second kappa shape index (κ2) is 7.11. The van der Waals surface area contributed by atoms with E-state index in [1.54, 1.807) is 30.3 Å². The van der Waals surface area contributed by atoms with Crippen molar-refractivity contribution in [3.05, 3.63) is 60.2 Å². The molecule has 24 heavy (non-hydrogen) atoms. The van der Waals surface area contributed by atoms with E-state index in [-0.39, 0.29) is 5.56 Å². The summed E-state index contributed by atoms with van der Waals surface area (Å²) in [5.41, 5.74) is 2.49. The van der Waals surface area contributed by atoms with Gasteiger partial charge in [-0.25, -0.2) is 9.80 Å². The molecule has 9 heteroatoms. The molecule has 3 amide bonds. The number of nitrogens with zero attached hydrogens (tertiary/aromatic N) is 1. The summed E-state index contributed by atoms with van der Waals surface area (Å²) in [5.74, 6) is -0.853. The van der Waals surface area contributed by atoms with Crippen molar-refractivity contribution in [2.75, 3.05) is 12.4 Å². The zero-order valence-corrected chi connectivity index (χ0v) is 13.4. The summed E-state index contributed by atoms with van der Waals surface area (Å²) in [6, 6.07) is 13.1. The molecule has 3 N–H and O–H groups in total. The van der Waals surface area contributed by atoms with Crippen molar-refractivity contribution in [3.8, 4) is 0 Å². The molecule has 2 aromatic carbocycles. The van der Waals surface area contributed by atoms with E-state index in [0.29, 0.717) is 5.69 Å². The van der Waals surface area contributed by atoms with Gasteiger partial charge in [0.15, 0.2) is 0 Å². The molecular weight excluding hydrogens is 334 g/mol. The second-order valence-electron chi connectivity index (χ2n) is 4.77. The fourth-order valence-corrected chi connectivity index (χ4v) is 2.56. The molecule has 0 spiro atoms. The lowest BCUT2D eigenvalue weighted by Crippen LogP contribution is -2.45. The molecular formula is C15H15N3O5S. The first-order valence-corrected chi connectivity index (χ1v) is 8.20. The van der Waals surface area contributed by atoms with E-state index >= 15 is 0 Å². The Morgan fingerprint density at radius 2 is 1.58 bits per heavy atom. The Morgan fingerprint density at radius 1 is 1.00 bits per heavy atom. The molecule has 0 bridgehead atoms. The molecule has 0 heterocycles. The quantitative estimate of drug-likeness (QED) is 0.576. The van der Waals surface area contributed by atoms with Crippen LogP contribution in [0.25, 0.3) is 0 Å². The number of hydrogen-bond donors (Lipinski definition) is 3. The zero-order valence-electron chi connectivity index (χ0n) is 12.6. The largest absolute Gasteiger partial charge is 0.340 e. The number of hydrazine groups is 1. The molecule has 0 fully saturated rings. The number of nitrogens with one attached hydrogen (secondary N) is 2. The molecule has 8 nitrogen and oxygen atoms in total. The number of benzene rings is 2. The average Bonchev–Trinajstić information content (AvgIpc) is 2.55. The van der Waals surface area contributed by atoms with Crippen LogP contribution in [0.3, 0.4) is 0 Å². The number of para-hydroxylation sites is 1. The monoisotopic (exact) mass is 349 g/mol. The third kappa shape index (κ3) is 4.31. The maximum atomic E-state index is 12.2. The summed E-state index contributed by atoms with van der Waals surface area (Å²) < 4.78 is 31.8. The Labute approximate surface area is 138 Å². The average molecular weight is 349 g/mol. The van der Waals surface area contributed by atoms with Crippen molar-refractivity contribution >= 4 is 27.7 Å². The predicted octanol–water partition coefficient (Wildman–Crippen LogP) is 1.74. The lowest BCUT2D eigenvalue weighted by atomic mass is 10.2. The number of amides is 3. The molecule has 2 rings (SSSR count). The van der Waals surface area contributed by atoms with Gasteiger partial charge in [0, 0.05) is 12.7 Å². The van der Waals surface area contributed by atoms with Gasteiger partial charge in [-0.15, -0.1) is 0 Å². The summed E-state index contributed by atoms with van der Waals surface area (Å²) in [5, 5.41) is 3.42. The molecule has 0 unspecified atom stereocenters. The molecule has 2 aromatic rings. The summed E-state index contributed by atoms with van der Waals surface area (Å²) in [4.78, 5) is 23.6. The van der Waals surface area contributed by atoms with E-state index in [2.05, 4.69) is 10.7 Å². The second-order valence-corrected chi connectivity index (χ2v) is 6.16. The van der Waals surface area contributed by atoms with Crippen LogP contribution in [-0.2, 0) is 10.1 Å². The third-order valence-electron chi connectivity index (χ3n) is 3.01. The third-order valence-corrected chi connectivity index (χ3v) is 3.92. The van der Waals surface area contributed by atoms with Gasteiger partial charge >= 0.3 is 6.03 Å². The molecule has 126 valence electrons. The topological polar surface area (TPSA) is 116 Å². The minimum absolute atomic E-state index is 0.278. The summed E-state index contributed by atoms with van der Waals surface area (Å²) in [6.07, 6.45) is 0.